The summed E-state index contributed by atoms with van der Waals surface area (Å²) in [4.78, 5) is 29.3. The van der Waals surface area contributed by atoms with Crippen LogP contribution >= 0.6 is 0 Å². The second-order valence-corrected chi connectivity index (χ2v) is 7.96. The minimum atomic E-state index is -1.12. The van der Waals surface area contributed by atoms with E-state index in [4.69, 9.17) is 13.9 Å². The SMILES string of the molecule is Cc1ccc(OC(=O)N(CC(=O)O)Cc2ccc(OCC(C)c3nc(C)oc3C)cc2)cc1. The van der Waals surface area contributed by atoms with Crippen molar-refractivity contribution >= 4 is 12.1 Å². The number of aromatic nitrogens is 1. The first-order valence-corrected chi connectivity index (χ1v) is 10.6. The van der Waals surface area contributed by atoms with Crippen molar-refractivity contribution in [3.8, 4) is 11.5 Å². The molecule has 2 aromatic carbocycles. The first-order chi connectivity index (χ1) is 15.7. The third-order valence-corrected chi connectivity index (χ3v) is 5.01. The van der Waals surface area contributed by atoms with E-state index in [1.807, 2.05) is 39.8 Å². The maximum absolute atomic E-state index is 12.5. The normalized spacial score (nSPS) is 11.6. The zero-order valence-corrected chi connectivity index (χ0v) is 19.2. The summed E-state index contributed by atoms with van der Waals surface area (Å²) < 4.78 is 16.7. The van der Waals surface area contributed by atoms with Gasteiger partial charge in [-0.2, -0.15) is 0 Å². The molecular formula is C25H28N2O6. The van der Waals surface area contributed by atoms with Crippen molar-refractivity contribution in [3.63, 3.8) is 0 Å². The Labute approximate surface area is 192 Å². The van der Waals surface area contributed by atoms with E-state index in [0.29, 0.717) is 24.0 Å². The minimum absolute atomic E-state index is 0.0599. The van der Waals surface area contributed by atoms with Crippen LogP contribution in [0, 0.1) is 20.8 Å². The Morgan fingerprint density at radius 3 is 2.24 bits per heavy atom. The van der Waals surface area contributed by atoms with Gasteiger partial charge in [-0.1, -0.05) is 36.8 Å². The number of rotatable bonds is 9. The molecule has 1 atom stereocenters. The van der Waals surface area contributed by atoms with E-state index >= 15 is 0 Å². The fourth-order valence-electron chi connectivity index (χ4n) is 3.33. The molecule has 0 bridgehead atoms. The average molecular weight is 453 g/mol. The second kappa shape index (κ2) is 10.7. The summed E-state index contributed by atoms with van der Waals surface area (Å²) in [5.74, 6) is 1.38. The van der Waals surface area contributed by atoms with Gasteiger partial charge in [-0.25, -0.2) is 9.78 Å². The maximum atomic E-state index is 12.5. The molecule has 8 nitrogen and oxygen atoms in total. The molecule has 0 fully saturated rings. The number of benzene rings is 2. The average Bonchev–Trinajstić information content (AvgIpc) is 3.11. The van der Waals surface area contributed by atoms with Crippen LogP contribution in [0.3, 0.4) is 0 Å². The lowest BCUT2D eigenvalue weighted by molar-refractivity contribution is -0.138. The first kappa shape index (κ1) is 23.8. The molecule has 1 aromatic heterocycles. The van der Waals surface area contributed by atoms with Gasteiger partial charge in [0.15, 0.2) is 5.89 Å². The van der Waals surface area contributed by atoms with E-state index in [2.05, 4.69) is 4.98 Å². The number of carboxylic acid groups (broad SMARTS) is 1. The summed E-state index contributed by atoms with van der Waals surface area (Å²) in [6.07, 6.45) is -0.728. The highest BCUT2D eigenvalue weighted by atomic mass is 16.6. The van der Waals surface area contributed by atoms with E-state index in [9.17, 15) is 14.7 Å². The fourth-order valence-corrected chi connectivity index (χ4v) is 3.33. The molecule has 33 heavy (non-hydrogen) atoms. The molecule has 0 spiro atoms. The lowest BCUT2D eigenvalue weighted by Crippen LogP contribution is -2.37. The van der Waals surface area contributed by atoms with Crippen LogP contribution in [-0.4, -0.2) is 40.2 Å². The number of carbonyl (C=O) groups is 2. The molecule has 8 heteroatoms. The lowest BCUT2D eigenvalue weighted by atomic mass is 10.1. The van der Waals surface area contributed by atoms with Crippen molar-refractivity contribution in [2.45, 2.75) is 40.2 Å². The Balaban J connectivity index is 1.60. The highest BCUT2D eigenvalue weighted by Crippen LogP contribution is 2.22. The van der Waals surface area contributed by atoms with Gasteiger partial charge in [-0.05, 0) is 43.7 Å². The standard InChI is InChI=1S/C25H28N2O6/c1-16-5-9-22(10-6-16)33-25(30)27(14-23(28)29)13-20-7-11-21(12-8-20)31-15-17(2)24-18(3)32-19(4)26-24/h5-12,17H,13-15H2,1-4H3,(H,28,29). The van der Waals surface area contributed by atoms with Crippen LogP contribution in [0.15, 0.2) is 52.9 Å². The highest BCUT2D eigenvalue weighted by Gasteiger charge is 2.20. The molecule has 0 aliphatic rings. The van der Waals surface area contributed by atoms with Gasteiger partial charge in [0.25, 0.3) is 0 Å². The van der Waals surface area contributed by atoms with Crippen LogP contribution < -0.4 is 9.47 Å². The molecule has 1 N–H and O–H groups in total. The topological polar surface area (TPSA) is 102 Å². The number of aliphatic carboxylic acids is 1. The molecule has 1 amide bonds. The number of nitrogens with zero attached hydrogens (tertiary/aromatic N) is 2. The summed E-state index contributed by atoms with van der Waals surface area (Å²) >= 11 is 0. The maximum Gasteiger partial charge on any atom is 0.416 e. The zero-order valence-electron chi connectivity index (χ0n) is 19.2. The fraction of sp³-hybridized carbons (Fsp3) is 0.320. The number of carboxylic acids is 1. The molecule has 3 aromatic rings. The van der Waals surface area contributed by atoms with Gasteiger partial charge in [0.1, 0.15) is 23.8 Å². The molecule has 0 radical (unpaired) electrons. The monoisotopic (exact) mass is 452 g/mol. The molecular weight excluding hydrogens is 424 g/mol. The van der Waals surface area contributed by atoms with Crippen LogP contribution in [0.1, 0.15) is 41.3 Å². The molecule has 0 saturated heterocycles. The van der Waals surface area contributed by atoms with Crippen molar-refractivity contribution < 1.29 is 28.6 Å². The largest absolute Gasteiger partial charge is 0.493 e. The van der Waals surface area contributed by atoms with Crippen molar-refractivity contribution in [1.82, 2.24) is 9.88 Å². The Bertz CT molecular complexity index is 1090. The van der Waals surface area contributed by atoms with Gasteiger partial charge < -0.3 is 19.0 Å². The summed E-state index contributed by atoms with van der Waals surface area (Å²) in [6, 6.07) is 14.1. The van der Waals surface area contributed by atoms with Crippen molar-refractivity contribution in [3.05, 3.63) is 77.0 Å². The third kappa shape index (κ3) is 6.83. The predicted octanol–water partition coefficient (Wildman–Crippen LogP) is 4.87. The van der Waals surface area contributed by atoms with E-state index < -0.39 is 18.6 Å². The molecule has 174 valence electrons. The molecule has 3 rings (SSSR count). The van der Waals surface area contributed by atoms with Gasteiger partial charge in [0.05, 0.1) is 12.3 Å². The van der Waals surface area contributed by atoms with Gasteiger partial charge in [-0.15, -0.1) is 0 Å². The van der Waals surface area contributed by atoms with Crippen LogP contribution in [0.2, 0.25) is 0 Å². The van der Waals surface area contributed by atoms with Crippen molar-refractivity contribution in [2.24, 2.45) is 0 Å². The van der Waals surface area contributed by atoms with E-state index in [1.54, 1.807) is 36.4 Å². The first-order valence-electron chi connectivity index (χ1n) is 10.6. The zero-order chi connectivity index (χ0) is 24.0. The quantitative estimate of drug-likeness (QED) is 0.494. The van der Waals surface area contributed by atoms with Gasteiger partial charge >= 0.3 is 12.1 Å². The van der Waals surface area contributed by atoms with Gasteiger partial charge in [0, 0.05) is 19.4 Å². The highest BCUT2D eigenvalue weighted by molar-refractivity contribution is 5.78. The van der Waals surface area contributed by atoms with Crippen LogP contribution in [0.4, 0.5) is 4.79 Å². The number of oxazole rings is 1. The van der Waals surface area contributed by atoms with Crippen molar-refractivity contribution in [1.29, 1.82) is 0 Å². The van der Waals surface area contributed by atoms with E-state index in [-0.39, 0.29) is 12.5 Å². The van der Waals surface area contributed by atoms with Crippen LogP contribution in [-0.2, 0) is 11.3 Å². The van der Waals surface area contributed by atoms with Crippen LogP contribution in [0.25, 0.3) is 0 Å². The van der Waals surface area contributed by atoms with Crippen LogP contribution in [0.5, 0.6) is 11.5 Å². The minimum Gasteiger partial charge on any atom is -0.493 e. The Hall–Kier alpha value is -3.81. The van der Waals surface area contributed by atoms with E-state index in [0.717, 1.165) is 27.5 Å². The summed E-state index contributed by atoms with van der Waals surface area (Å²) in [6.45, 7) is 7.68. The van der Waals surface area contributed by atoms with Gasteiger partial charge in [-0.3, -0.25) is 9.69 Å². The van der Waals surface area contributed by atoms with Crippen molar-refractivity contribution in [2.75, 3.05) is 13.2 Å². The van der Waals surface area contributed by atoms with E-state index in [1.165, 1.54) is 0 Å². The number of carbonyl (C=O) groups excluding carboxylic acids is 1. The number of ether oxygens (including phenoxy) is 2. The molecule has 0 aliphatic carbocycles. The summed E-state index contributed by atoms with van der Waals surface area (Å²) in [5, 5.41) is 9.21. The Morgan fingerprint density at radius 2 is 1.67 bits per heavy atom. The number of hydrogen-bond acceptors (Lipinski definition) is 6. The second-order valence-electron chi connectivity index (χ2n) is 7.96. The number of hydrogen-bond donors (Lipinski definition) is 1. The predicted molar refractivity (Wildman–Crippen MR) is 122 cm³/mol. The number of aryl methyl sites for hydroxylation is 3. The van der Waals surface area contributed by atoms with Gasteiger partial charge in [0.2, 0.25) is 0 Å². The molecule has 0 saturated carbocycles. The molecule has 0 aliphatic heterocycles. The molecule has 1 heterocycles. The smallest absolute Gasteiger partial charge is 0.416 e. The molecule has 1 unspecified atom stereocenters. The summed E-state index contributed by atoms with van der Waals surface area (Å²) in [7, 11) is 0. The summed E-state index contributed by atoms with van der Waals surface area (Å²) in [5.41, 5.74) is 2.65. The lowest BCUT2D eigenvalue weighted by Gasteiger charge is -2.20. The Morgan fingerprint density at radius 1 is 1.03 bits per heavy atom. The third-order valence-electron chi connectivity index (χ3n) is 5.01. The number of amides is 1. The Kier molecular flexibility index (Phi) is 7.71.